The smallest absolute Gasteiger partial charge is 0.266 e. The van der Waals surface area contributed by atoms with Crippen molar-refractivity contribution in [2.24, 2.45) is 5.73 Å². The molecule has 1 aromatic carbocycles. The molecule has 1 aromatic rings. The van der Waals surface area contributed by atoms with E-state index in [0.29, 0.717) is 13.0 Å². The van der Waals surface area contributed by atoms with E-state index in [0.717, 1.165) is 43.4 Å². The zero-order valence-corrected chi connectivity index (χ0v) is 19.5. The molecule has 11 heteroatoms. The van der Waals surface area contributed by atoms with Gasteiger partial charge in [0.25, 0.3) is 17.7 Å². The standard InChI is InChI=1S/C24H30N4O7/c25-18(29)10-5-3-1-2-4-6-13-26-20(31)14-35-17-9-7-8-15-21(17)24(34)28(23(15)33)16-11-12-19(30)27-22(16)32/h7-9,16H,1-6,10-14H2,(H2,25,29)(H,26,31)(H,27,30,32). The van der Waals surface area contributed by atoms with E-state index >= 15 is 0 Å². The Balaban J connectivity index is 1.45. The van der Waals surface area contributed by atoms with Gasteiger partial charge in [-0.1, -0.05) is 31.7 Å². The van der Waals surface area contributed by atoms with Gasteiger partial charge in [-0.2, -0.15) is 0 Å². The van der Waals surface area contributed by atoms with Crippen molar-refractivity contribution in [3.8, 4) is 5.75 Å². The molecular formula is C24H30N4O7. The van der Waals surface area contributed by atoms with Crippen molar-refractivity contribution in [3.63, 3.8) is 0 Å². The molecule has 4 N–H and O–H groups in total. The van der Waals surface area contributed by atoms with Crippen LogP contribution in [0.5, 0.6) is 5.75 Å². The summed E-state index contributed by atoms with van der Waals surface area (Å²) < 4.78 is 5.55. The van der Waals surface area contributed by atoms with Crippen LogP contribution in [0.1, 0.15) is 78.5 Å². The van der Waals surface area contributed by atoms with Crippen LogP contribution in [0, 0.1) is 0 Å². The molecule has 0 radical (unpaired) electrons. The minimum atomic E-state index is -1.07. The van der Waals surface area contributed by atoms with E-state index in [4.69, 9.17) is 10.5 Å². The van der Waals surface area contributed by atoms with Gasteiger partial charge in [0.1, 0.15) is 11.8 Å². The lowest BCUT2D eigenvalue weighted by Crippen LogP contribution is -2.54. The van der Waals surface area contributed by atoms with E-state index in [1.165, 1.54) is 18.2 Å². The molecule has 1 fully saturated rings. The van der Waals surface area contributed by atoms with Gasteiger partial charge in [-0.25, -0.2) is 0 Å². The maximum Gasteiger partial charge on any atom is 0.266 e. The third kappa shape index (κ3) is 6.65. The zero-order valence-electron chi connectivity index (χ0n) is 19.5. The average molecular weight is 487 g/mol. The highest BCUT2D eigenvalue weighted by atomic mass is 16.5. The van der Waals surface area contributed by atoms with Gasteiger partial charge in [-0.05, 0) is 31.4 Å². The molecule has 2 aliphatic heterocycles. The van der Waals surface area contributed by atoms with E-state index in [9.17, 15) is 28.8 Å². The molecule has 11 nitrogen and oxygen atoms in total. The number of unbranched alkanes of at least 4 members (excludes halogenated alkanes) is 5. The molecule has 0 aliphatic carbocycles. The summed E-state index contributed by atoms with van der Waals surface area (Å²) in [5.41, 5.74) is 5.20. The van der Waals surface area contributed by atoms with Gasteiger partial charge in [0.2, 0.25) is 17.7 Å². The van der Waals surface area contributed by atoms with E-state index in [2.05, 4.69) is 10.6 Å². The van der Waals surface area contributed by atoms with Crippen LogP contribution in [0.4, 0.5) is 0 Å². The number of primary amides is 1. The number of carbonyl (C=O) groups is 6. The first kappa shape index (κ1) is 25.9. The number of piperidine rings is 1. The Morgan fingerprint density at radius 2 is 1.74 bits per heavy atom. The molecule has 6 amide bonds. The Kier molecular flexibility index (Phi) is 8.93. The predicted molar refractivity (Wildman–Crippen MR) is 123 cm³/mol. The van der Waals surface area contributed by atoms with E-state index in [1.54, 1.807) is 0 Å². The average Bonchev–Trinajstić information content (AvgIpc) is 3.07. The minimum absolute atomic E-state index is 0.00587. The summed E-state index contributed by atoms with van der Waals surface area (Å²) in [5, 5.41) is 4.90. The molecule has 1 unspecified atom stereocenters. The quantitative estimate of drug-likeness (QED) is 0.274. The Labute approximate surface area is 202 Å². The summed E-state index contributed by atoms with van der Waals surface area (Å²) in [4.78, 5) is 73.1. The number of nitrogens with two attached hydrogens (primary N) is 1. The molecule has 0 aromatic heterocycles. The second-order valence-electron chi connectivity index (χ2n) is 8.60. The number of imide groups is 2. The van der Waals surface area contributed by atoms with Gasteiger partial charge < -0.3 is 15.8 Å². The van der Waals surface area contributed by atoms with Crippen molar-refractivity contribution in [2.45, 2.75) is 63.8 Å². The van der Waals surface area contributed by atoms with Crippen LogP contribution in [-0.2, 0) is 19.2 Å². The Morgan fingerprint density at radius 3 is 2.46 bits per heavy atom. The van der Waals surface area contributed by atoms with Gasteiger partial charge in [0.05, 0.1) is 11.1 Å². The molecule has 1 atom stereocenters. The SMILES string of the molecule is NC(=O)CCCCCCCCNC(=O)COc1cccc2c1C(=O)N(C1CCC(=O)NC1=O)C2=O. The Bertz CT molecular complexity index is 1020. The van der Waals surface area contributed by atoms with Crippen LogP contribution < -0.4 is 21.1 Å². The van der Waals surface area contributed by atoms with Crippen LogP contribution in [0.15, 0.2) is 18.2 Å². The molecule has 1 saturated heterocycles. The second-order valence-corrected chi connectivity index (χ2v) is 8.60. The van der Waals surface area contributed by atoms with Crippen LogP contribution >= 0.6 is 0 Å². The van der Waals surface area contributed by atoms with Crippen molar-refractivity contribution >= 4 is 35.4 Å². The van der Waals surface area contributed by atoms with Gasteiger partial charge in [-0.3, -0.25) is 39.0 Å². The highest BCUT2D eigenvalue weighted by Gasteiger charge is 2.46. The van der Waals surface area contributed by atoms with Crippen molar-refractivity contribution < 1.29 is 33.5 Å². The lowest BCUT2D eigenvalue weighted by Gasteiger charge is -2.27. The first-order valence-corrected chi connectivity index (χ1v) is 11.8. The Hall–Kier alpha value is -3.76. The topological polar surface area (TPSA) is 165 Å². The first-order chi connectivity index (χ1) is 16.8. The number of carbonyl (C=O) groups excluding carboxylic acids is 6. The minimum Gasteiger partial charge on any atom is -0.483 e. The molecule has 3 rings (SSSR count). The number of nitrogens with one attached hydrogen (secondary N) is 2. The molecule has 2 heterocycles. The Morgan fingerprint density at radius 1 is 1.03 bits per heavy atom. The third-order valence-corrected chi connectivity index (χ3v) is 5.96. The number of nitrogens with zero attached hydrogens (tertiary/aromatic N) is 1. The number of amides is 6. The number of rotatable bonds is 13. The summed E-state index contributed by atoms with van der Waals surface area (Å²) in [7, 11) is 0. The van der Waals surface area contributed by atoms with Gasteiger partial charge in [-0.15, -0.1) is 0 Å². The fourth-order valence-electron chi connectivity index (χ4n) is 4.16. The van der Waals surface area contributed by atoms with Crippen molar-refractivity contribution in [2.75, 3.05) is 13.2 Å². The summed E-state index contributed by atoms with van der Waals surface area (Å²) in [5.74, 6) is -3.01. The number of ether oxygens (including phenoxy) is 1. The van der Waals surface area contributed by atoms with Crippen LogP contribution in [0.2, 0.25) is 0 Å². The molecule has 0 saturated carbocycles. The molecular weight excluding hydrogens is 456 g/mol. The first-order valence-electron chi connectivity index (χ1n) is 11.8. The highest BCUT2D eigenvalue weighted by Crippen LogP contribution is 2.33. The highest BCUT2D eigenvalue weighted by molar-refractivity contribution is 6.24. The van der Waals surface area contributed by atoms with E-state index in [-0.39, 0.29) is 48.1 Å². The van der Waals surface area contributed by atoms with Gasteiger partial charge >= 0.3 is 0 Å². The van der Waals surface area contributed by atoms with Gasteiger partial charge in [0, 0.05) is 19.4 Å². The van der Waals surface area contributed by atoms with E-state index in [1.807, 2.05) is 0 Å². The lowest BCUT2D eigenvalue weighted by atomic mass is 10.0. The fourth-order valence-corrected chi connectivity index (χ4v) is 4.16. The maximum atomic E-state index is 13.0. The second kappa shape index (κ2) is 12.1. The monoisotopic (exact) mass is 486 g/mol. The molecule has 0 spiro atoms. The number of hydrogen-bond donors (Lipinski definition) is 3. The molecule has 35 heavy (non-hydrogen) atoms. The van der Waals surface area contributed by atoms with Crippen LogP contribution in [0.3, 0.4) is 0 Å². The van der Waals surface area contributed by atoms with Crippen LogP contribution in [0.25, 0.3) is 0 Å². The number of benzene rings is 1. The predicted octanol–water partition coefficient (Wildman–Crippen LogP) is 0.799. The van der Waals surface area contributed by atoms with Crippen molar-refractivity contribution in [1.29, 1.82) is 0 Å². The fraction of sp³-hybridized carbons (Fsp3) is 0.500. The van der Waals surface area contributed by atoms with E-state index < -0.39 is 29.7 Å². The normalized spacial score (nSPS) is 17.3. The lowest BCUT2D eigenvalue weighted by molar-refractivity contribution is -0.136. The number of hydrogen-bond acceptors (Lipinski definition) is 7. The summed E-state index contributed by atoms with van der Waals surface area (Å²) in [6.45, 7) is 0.153. The summed E-state index contributed by atoms with van der Waals surface area (Å²) in [6.07, 6.45) is 6.00. The van der Waals surface area contributed by atoms with Crippen molar-refractivity contribution in [1.82, 2.24) is 15.5 Å². The largest absolute Gasteiger partial charge is 0.483 e. The maximum absolute atomic E-state index is 13.0. The van der Waals surface area contributed by atoms with Crippen LogP contribution in [-0.4, -0.2) is 59.5 Å². The summed E-state index contributed by atoms with van der Waals surface area (Å²) in [6, 6.07) is 3.42. The molecule has 188 valence electrons. The number of fused-ring (bicyclic) bond motifs is 1. The zero-order chi connectivity index (χ0) is 25.4. The third-order valence-electron chi connectivity index (χ3n) is 5.96. The molecule has 0 bridgehead atoms. The summed E-state index contributed by atoms with van der Waals surface area (Å²) >= 11 is 0. The molecule has 2 aliphatic rings. The van der Waals surface area contributed by atoms with Gasteiger partial charge in [0.15, 0.2) is 6.61 Å². The van der Waals surface area contributed by atoms with Crippen molar-refractivity contribution in [3.05, 3.63) is 29.3 Å².